The van der Waals surface area contributed by atoms with Crippen molar-refractivity contribution in [3.05, 3.63) is 76.6 Å². The van der Waals surface area contributed by atoms with E-state index in [9.17, 15) is 14.7 Å². The third-order valence-corrected chi connectivity index (χ3v) is 5.41. The number of nitrogens with zero attached hydrogens (tertiary/aromatic N) is 2. The smallest absolute Gasteiger partial charge is 0.301 e. The summed E-state index contributed by atoms with van der Waals surface area (Å²) in [7, 11) is 3.05. The van der Waals surface area contributed by atoms with E-state index in [0.29, 0.717) is 28.4 Å². The van der Waals surface area contributed by atoms with Gasteiger partial charge in [-0.2, -0.15) is 0 Å². The van der Waals surface area contributed by atoms with E-state index in [1.165, 1.54) is 12.0 Å². The van der Waals surface area contributed by atoms with E-state index in [2.05, 4.69) is 5.16 Å². The molecule has 2 aromatic carbocycles. The lowest BCUT2D eigenvalue weighted by atomic mass is 9.94. The molecule has 1 fully saturated rings. The first-order valence-electron chi connectivity index (χ1n) is 9.89. The Morgan fingerprint density at radius 3 is 2.38 bits per heavy atom. The molecule has 1 amide bonds. The fraction of sp³-hybridized carbons (Fsp3) is 0.208. The van der Waals surface area contributed by atoms with Crippen molar-refractivity contribution in [2.24, 2.45) is 0 Å². The van der Waals surface area contributed by atoms with E-state index in [0.717, 1.165) is 5.56 Å². The summed E-state index contributed by atoms with van der Waals surface area (Å²) in [5.74, 6) is -0.194. The molecule has 164 valence electrons. The molecule has 8 nitrogen and oxygen atoms in total. The van der Waals surface area contributed by atoms with Gasteiger partial charge in [0.2, 0.25) is 0 Å². The molecule has 2 heterocycles. The second-order valence-electron chi connectivity index (χ2n) is 7.39. The Kier molecular flexibility index (Phi) is 5.44. The Balaban J connectivity index is 1.97. The molecule has 8 heteroatoms. The van der Waals surface area contributed by atoms with Crippen LogP contribution in [0, 0.1) is 13.8 Å². The van der Waals surface area contributed by atoms with Gasteiger partial charge in [-0.25, -0.2) is 0 Å². The molecule has 0 saturated carbocycles. The van der Waals surface area contributed by atoms with E-state index < -0.39 is 17.7 Å². The molecule has 4 rings (SSSR count). The number of aliphatic hydroxyl groups is 1. The molecule has 1 N–H and O–H groups in total. The molecule has 1 saturated heterocycles. The Morgan fingerprint density at radius 1 is 1.03 bits per heavy atom. The van der Waals surface area contributed by atoms with Crippen LogP contribution < -0.4 is 14.4 Å². The van der Waals surface area contributed by atoms with Crippen molar-refractivity contribution in [1.29, 1.82) is 0 Å². The van der Waals surface area contributed by atoms with Gasteiger partial charge in [-0.05, 0) is 43.7 Å². The van der Waals surface area contributed by atoms with Gasteiger partial charge in [-0.1, -0.05) is 23.4 Å². The van der Waals surface area contributed by atoms with Crippen molar-refractivity contribution in [2.45, 2.75) is 19.9 Å². The number of Topliss-reactive ketones (excluding diaryl/α,β-unsaturated/α-hetero) is 1. The molecule has 1 aliphatic rings. The lowest BCUT2D eigenvalue weighted by molar-refractivity contribution is -0.132. The summed E-state index contributed by atoms with van der Waals surface area (Å²) in [6, 6.07) is 12.6. The average Bonchev–Trinajstić information content (AvgIpc) is 3.33. The zero-order chi connectivity index (χ0) is 23.0. The highest BCUT2D eigenvalue weighted by atomic mass is 16.5. The predicted molar refractivity (Wildman–Crippen MR) is 117 cm³/mol. The number of benzene rings is 2. The van der Waals surface area contributed by atoms with Crippen LogP contribution >= 0.6 is 0 Å². The minimum absolute atomic E-state index is 0.0651. The van der Waals surface area contributed by atoms with Crippen LogP contribution in [0.15, 0.2) is 58.6 Å². The molecule has 1 aliphatic heterocycles. The minimum Gasteiger partial charge on any atom is -0.507 e. The number of ether oxygens (including phenoxy) is 2. The summed E-state index contributed by atoms with van der Waals surface area (Å²) in [5, 5.41) is 15.1. The number of ketones is 1. The van der Waals surface area contributed by atoms with Gasteiger partial charge in [-0.3, -0.25) is 14.5 Å². The second-order valence-corrected chi connectivity index (χ2v) is 7.39. The highest BCUT2D eigenvalue weighted by Crippen LogP contribution is 2.44. The predicted octanol–water partition coefficient (Wildman–Crippen LogP) is 3.93. The zero-order valence-corrected chi connectivity index (χ0v) is 18.1. The molecular weight excluding hydrogens is 412 g/mol. The molecule has 1 aromatic heterocycles. The number of hydrogen-bond donors (Lipinski definition) is 1. The Morgan fingerprint density at radius 2 is 1.75 bits per heavy atom. The summed E-state index contributed by atoms with van der Waals surface area (Å²) in [6.45, 7) is 3.51. The summed E-state index contributed by atoms with van der Waals surface area (Å²) < 4.78 is 15.9. The fourth-order valence-electron chi connectivity index (χ4n) is 3.90. The molecule has 0 spiro atoms. The van der Waals surface area contributed by atoms with E-state index in [1.54, 1.807) is 62.6 Å². The number of carbonyl (C=O) groups is 2. The third-order valence-electron chi connectivity index (χ3n) is 5.41. The Bertz CT molecular complexity index is 1240. The number of aromatic nitrogens is 1. The highest BCUT2D eigenvalue weighted by Gasteiger charge is 2.49. The molecule has 0 bridgehead atoms. The first kappa shape index (κ1) is 21.2. The number of aliphatic hydroxyl groups excluding tert-OH is 1. The molecule has 32 heavy (non-hydrogen) atoms. The van der Waals surface area contributed by atoms with Crippen LogP contribution in [0.3, 0.4) is 0 Å². The van der Waals surface area contributed by atoms with Crippen molar-refractivity contribution >= 4 is 23.3 Å². The van der Waals surface area contributed by atoms with Gasteiger partial charge in [-0.15, -0.1) is 0 Å². The van der Waals surface area contributed by atoms with E-state index in [4.69, 9.17) is 14.0 Å². The SMILES string of the molecule is COc1ccc(C(O)=C2C(=O)C(=O)N(c3cc(C)on3)[C@H]2c2ccccc2OC)cc1C. The fourth-order valence-corrected chi connectivity index (χ4v) is 3.90. The lowest BCUT2D eigenvalue weighted by Crippen LogP contribution is -2.29. The van der Waals surface area contributed by atoms with Crippen LogP contribution in [-0.2, 0) is 9.59 Å². The standard InChI is InChI=1S/C24H22N2O6/c1-13-11-15(9-10-17(13)30-3)22(27)20-21(16-7-5-6-8-18(16)31-4)26(24(29)23(20)28)19-12-14(2)32-25-19/h5-12,21,27H,1-4H3/t21-/m0/s1. The van der Waals surface area contributed by atoms with Crippen LogP contribution in [0.4, 0.5) is 5.82 Å². The normalized spacial score (nSPS) is 17.6. The largest absolute Gasteiger partial charge is 0.507 e. The average molecular weight is 434 g/mol. The maximum atomic E-state index is 13.2. The molecular formula is C24H22N2O6. The molecule has 0 unspecified atom stereocenters. The van der Waals surface area contributed by atoms with Gasteiger partial charge >= 0.3 is 5.91 Å². The van der Waals surface area contributed by atoms with Gasteiger partial charge in [0.15, 0.2) is 5.82 Å². The lowest BCUT2D eigenvalue weighted by Gasteiger charge is -2.24. The minimum atomic E-state index is -0.960. The van der Waals surface area contributed by atoms with Gasteiger partial charge in [0.05, 0.1) is 19.8 Å². The van der Waals surface area contributed by atoms with Crippen molar-refractivity contribution in [1.82, 2.24) is 5.16 Å². The van der Waals surface area contributed by atoms with Crippen molar-refractivity contribution in [2.75, 3.05) is 19.1 Å². The summed E-state index contributed by atoms with van der Waals surface area (Å²) in [4.78, 5) is 27.5. The number of amides is 1. The Labute approximate surface area is 184 Å². The van der Waals surface area contributed by atoms with E-state index in [-0.39, 0.29) is 17.2 Å². The first-order chi connectivity index (χ1) is 15.4. The maximum absolute atomic E-state index is 13.2. The van der Waals surface area contributed by atoms with Gasteiger partial charge in [0.1, 0.15) is 29.1 Å². The first-order valence-corrected chi connectivity index (χ1v) is 9.89. The number of aryl methyl sites for hydroxylation is 2. The van der Waals surface area contributed by atoms with E-state index in [1.807, 2.05) is 6.92 Å². The number of rotatable bonds is 5. The summed E-state index contributed by atoms with van der Waals surface area (Å²) in [5.41, 5.74) is 1.62. The monoisotopic (exact) mass is 434 g/mol. The summed E-state index contributed by atoms with van der Waals surface area (Å²) >= 11 is 0. The number of anilines is 1. The number of carbonyl (C=O) groups excluding carboxylic acids is 2. The van der Waals surface area contributed by atoms with Gasteiger partial charge in [0, 0.05) is 17.2 Å². The Hall–Kier alpha value is -4.07. The van der Waals surface area contributed by atoms with Crippen LogP contribution in [-0.4, -0.2) is 36.2 Å². The second kappa shape index (κ2) is 8.22. The number of methoxy groups -OCH3 is 2. The van der Waals surface area contributed by atoms with Crippen LogP contribution in [0.2, 0.25) is 0 Å². The third kappa shape index (κ3) is 3.39. The van der Waals surface area contributed by atoms with Crippen molar-refractivity contribution < 1.29 is 28.7 Å². The van der Waals surface area contributed by atoms with Crippen molar-refractivity contribution in [3.8, 4) is 11.5 Å². The topological polar surface area (TPSA) is 102 Å². The van der Waals surface area contributed by atoms with Crippen LogP contribution in [0.1, 0.15) is 28.5 Å². The van der Waals surface area contributed by atoms with Crippen LogP contribution in [0.5, 0.6) is 11.5 Å². The highest BCUT2D eigenvalue weighted by molar-refractivity contribution is 6.51. The number of para-hydroxylation sites is 1. The van der Waals surface area contributed by atoms with Gasteiger partial charge in [0.25, 0.3) is 5.78 Å². The van der Waals surface area contributed by atoms with E-state index >= 15 is 0 Å². The quantitative estimate of drug-likeness (QED) is 0.369. The van der Waals surface area contributed by atoms with Crippen molar-refractivity contribution in [3.63, 3.8) is 0 Å². The molecule has 0 aliphatic carbocycles. The number of hydrogen-bond acceptors (Lipinski definition) is 7. The molecule has 3 aromatic rings. The maximum Gasteiger partial charge on any atom is 0.301 e. The summed E-state index contributed by atoms with van der Waals surface area (Å²) in [6.07, 6.45) is 0. The van der Waals surface area contributed by atoms with Crippen LogP contribution in [0.25, 0.3) is 5.76 Å². The molecule has 0 radical (unpaired) electrons. The molecule has 1 atom stereocenters. The van der Waals surface area contributed by atoms with Gasteiger partial charge < -0.3 is 19.1 Å². The zero-order valence-electron chi connectivity index (χ0n) is 18.1.